The van der Waals surface area contributed by atoms with Crippen LogP contribution in [0.5, 0.6) is 5.75 Å². The van der Waals surface area contributed by atoms with Gasteiger partial charge in [-0.1, -0.05) is 52.3 Å². The Balaban J connectivity index is 1.44. The summed E-state index contributed by atoms with van der Waals surface area (Å²) in [5, 5.41) is -0.289. The third-order valence-electron chi connectivity index (χ3n) is 4.60. The van der Waals surface area contributed by atoms with Crippen LogP contribution in [0, 0.1) is 5.82 Å². The molecule has 7 heteroatoms. The van der Waals surface area contributed by atoms with Crippen molar-refractivity contribution in [2.45, 2.75) is 13.2 Å². The summed E-state index contributed by atoms with van der Waals surface area (Å²) < 4.78 is 19.7. The molecule has 3 aromatic carbocycles. The lowest BCUT2D eigenvalue weighted by molar-refractivity contribution is -0.123. The molecule has 2 amide bonds. The SMILES string of the molecule is O=C1S/C(=C\c2cccc(OCc3ccc(F)cc3)c2)C(=O)N1Cc1ccc(Br)cc1. The zero-order chi connectivity index (χ0) is 21.8. The number of rotatable bonds is 6. The first-order valence-electron chi connectivity index (χ1n) is 9.45. The quantitative estimate of drug-likeness (QED) is 0.369. The molecule has 0 radical (unpaired) electrons. The van der Waals surface area contributed by atoms with Crippen LogP contribution in [0.4, 0.5) is 9.18 Å². The van der Waals surface area contributed by atoms with Crippen LogP contribution >= 0.6 is 27.7 Å². The van der Waals surface area contributed by atoms with Gasteiger partial charge in [-0.25, -0.2) is 4.39 Å². The largest absolute Gasteiger partial charge is 0.489 e. The van der Waals surface area contributed by atoms with Gasteiger partial charge in [0.2, 0.25) is 0 Å². The average molecular weight is 498 g/mol. The van der Waals surface area contributed by atoms with Crippen LogP contribution in [0.2, 0.25) is 0 Å². The first kappa shape index (κ1) is 21.3. The van der Waals surface area contributed by atoms with Gasteiger partial charge in [0.1, 0.15) is 18.2 Å². The number of carbonyl (C=O) groups excluding carboxylic acids is 2. The van der Waals surface area contributed by atoms with Gasteiger partial charge < -0.3 is 4.74 Å². The zero-order valence-electron chi connectivity index (χ0n) is 16.3. The first-order chi connectivity index (χ1) is 15.0. The van der Waals surface area contributed by atoms with Crippen molar-refractivity contribution in [2.75, 3.05) is 0 Å². The van der Waals surface area contributed by atoms with Crippen molar-refractivity contribution in [1.29, 1.82) is 0 Å². The summed E-state index contributed by atoms with van der Waals surface area (Å²) in [6.07, 6.45) is 1.69. The number of carbonyl (C=O) groups is 2. The molecule has 4 nitrogen and oxygen atoms in total. The molecular formula is C24H17BrFNO3S. The van der Waals surface area contributed by atoms with Gasteiger partial charge in [-0.2, -0.15) is 0 Å². The maximum atomic E-state index is 13.0. The maximum Gasteiger partial charge on any atom is 0.293 e. The van der Waals surface area contributed by atoms with Gasteiger partial charge in [-0.3, -0.25) is 14.5 Å². The van der Waals surface area contributed by atoms with Gasteiger partial charge in [0.15, 0.2) is 0 Å². The van der Waals surface area contributed by atoms with E-state index in [1.807, 2.05) is 36.4 Å². The smallest absolute Gasteiger partial charge is 0.293 e. The maximum absolute atomic E-state index is 13.0. The molecule has 1 aliphatic rings. The van der Waals surface area contributed by atoms with Crippen molar-refractivity contribution >= 4 is 44.9 Å². The fourth-order valence-electron chi connectivity index (χ4n) is 3.00. The predicted octanol–water partition coefficient (Wildman–Crippen LogP) is 6.40. The fraction of sp³-hybridized carbons (Fsp3) is 0.0833. The zero-order valence-corrected chi connectivity index (χ0v) is 18.7. The third kappa shape index (κ3) is 5.42. The molecular weight excluding hydrogens is 481 g/mol. The molecule has 156 valence electrons. The highest BCUT2D eigenvalue weighted by Crippen LogP contribution is 2.33. The van der Waals surface area contributed by atoms with Crippen molar-refractivity contribution in [2.24, 2.45) is 0 Å². The van der Waals surface area contributed by atoms with Crippen LogP contribution in [-0.4, -0.2) is 16.0 Å². The monoisotopic (exact) mass is 497 g/mol. The molecule has 0 saturated carbocycles. The summed E-state index contributed by atoms with van der Waals surface area (Å²) >= 11 is 4.30. The van der Waals surface area contributed by atoms with E-state index in [-0.39, 0.29) is 23.5 Å². The number of amides is 2. The van der Waals surface area contributed by atoms with E-state index in [9.17, 15) is 14.0 Å². The van der Waals surface area contributed by atoms with Crippen LogP contribution in [-0.2, 0) is 17.9 Å². The van der Waals surface area contributed by atoms with E-state index < -0.39 is 0 Å². The molecule has 3 aromatic rings. The van der Waals surface area contributed by atoms with E-state index >= 15 is 0 Å². The van der Waals surface area contributed by atoms with Crippen LogP contribution < -0.4 is 4.74 Å². The lowest BCUT2D eigenvalue weighted by Crippen LogP contribution is -2.27. The van der Waals surface area contributed by atoms with Gasteiger partial charge >= 0.3 is 0 Å². The van der Waals surface area contributed by atoms with Crippen LogP contribution in [0.1, 0.15) is 16.7 Å². The molecule has 31 heavy (non-hydrogen) atoms. The highest BCUT2D eigenvalue weighted by Gasteiger charge is 2.34. The Hall–Kier alpha value is -2.90. The predicted molar refractivity (Wildman–Crippen MR) is 123 cm³/mol. The molecule has 0 aromatic heterocycles. The van der Waals surface area contributed by atoms with Gasteiger partial charge in [-0.15, -0.1) is 0 Å². The van der Waals surface area contributed by atoms with Crippen LogP contribution in [0.25, 0.3) is 6.08 Å². The summed E-state index contributed by atoms with van der Waals surface area (Å²) in [5.41, 5.74) is 2.48. The minimum atomic E-state index is -0.310. The van der Waals surface area contributed by atoms with E-state index in [0.29, 0.717) is 17.3 Å². The van der Waals surface area contributed by atoms with E-state index in [1.54, 1.807) is 30.3 Å². The van der Waals surface area contributed by atoms with Crippen molar-refractivity contribution < 1.29 is 18.7 Å². The summed E-state index contributed by atoms with van der Waals surface area (Å²) in [6, 6.07) is 20.9. The fourth-order valence-corrected chi connectivity index (χ4v) is 4.10. The van der Waals surface area contributed by atoms with Gasteiger partial charge in [0.05, 0.1) is 11.4 Å². The molecule has 0 atom stereocenters. The molecule has 1 fully saturated rings. The number of thioether (sulfide) groups is 1. The molecule has 0 aliphatic carbocycles. The Bertz CT molecular complexity index is 1150. The normalized spacial score (nSPS) is 15.0. The molecule has 1 saturated heterocycles. The average Bonchev–Trinajstić information content (AvgIpc) is 3.02. The molecule has 0 spiro atoms. The number of imide groups is 1. The Morgan fingerprint density at radius 3 is 2.42 bits per heavy atom. The molecule has 0 unspecified atom stereocenters. The van der Waals surface area contributed by atoms with E-state index in [1.165, 1.54) is 17.0 Å². The Morgan fingerprint density at radius 1 is 0.968 bits per heavy atom. The number of hydrogen-bond donors (Lipinski definition) is 0. The number of hydrogen-bond acceptors (Lipinski definition) is 4. The van der Waals surface area contributed by atoms with Crippen molar-refractivity contribution in [3.05, 3.63) is 105 Å². The minimum Gasteiger partial charge on any atom is -0.489 e. The highest BCUT2D eigenvalue weighted by atomic mass is 79.9. The second-order valence-corrected chi connectivity index (χ2v) is 8.79. The van der Waals surface area contributed by atoms with Gasteiger partial charge in [-0.05, 0) is 70.9 Å². The second-order valence-electron chi connectivity index (χ2n) is 6.88. The third-order valence-corrected chi connectivity index (χ3v) is 6.04. The first-order valence-corrected chi connectivity index (χ1v) is 11.1. The number of benzene rings is 3. The lowest BCUT2D eigenvalue weighted by atomic mass is 10.2. The Morgan fingerprint density at radius 2 is 1.68 bits per heavy atom. The highest BCUT2D eigenvalue weighted by molar-refractivity contribution is 9.10. The topological polar surface area (TPSA) is 46.6 Å². The molecule has 1 aliphatic heterocycles. The molecule has 1 heterocycles. The number of nitrogens with zero attached hydrogens (tertiary/aromatic N) is 1. The lowest BCUT2D eigenvalue weighted by Gasteiger charge is -2.12. The van der Waals surface area contributed by atoms with Crippen molar-refractivity contribution in [3.8, 4) is 5.75 Å². The van der Waals surface area contributed by atoms with Gasteiger partial charge in [0, 0.05) is 4.47 Å². The van der Waals surface area contributed by atoms with Crippen LogP contribution in [0.3, 0.4) is 0 Å². The Labute approximate surface area is 191 Å². The Kier molecular flexibility index (Phi) is 6.53. The number of halogens is 2. The minimum absolute atomic E-state index is 0.232. The summed E-state index contributed by atoms with van der Waals surface area (Å²) in [7, 11) is 0. The van der Waals surface area contributed by atoms with Crippen molar-refractivity contribution in [3.63, 3.8) is 0 Å². The second kappa shape index (κ2) is 9.49. The molecule has 0 bridgehead atoms. The van der Waals surface area contributed by atoms with E-state index in [4.69, 9.17) is 4.74 Å². The number of ether oxygens (including phenoxy) is 1. The molecule has 0 N–H and O–H groups in total. The van der Waals surface area contributed by atoms with E-state index in [0.717, 1.165) is 32.9 Å². The summed E-state index contributed by atoms with van der Waals surface area (Å²) in [5.74, 6) is 0.0162. The summed E-state index contributed by atoms with van der Waals surface area (Å²) in [6.45, 7) is 0.531. The van der Waals surface area contributed by atoms with Gasteiger partial charge in [0.25, 0.3) is 11.1 Å². The van der Waals surface area contributed by atoms with Crippen LogP contribution in [0.15, 0.2) is 82.2 Å². The van der Waals surface area contributed by atoms with E-state index in [2.05, 4.69) is 15.9 Å². The van der Waals surface area contributed by atoms with Crippen molar-refractivity contribution in [1.82, 2.24) is 4.90 Å². The molecule has 4 rings (SSSR count). The summed E-state index contributed by atoms with van der Waals surface area (Å²) in [4.78, 5) is 26.8. The standard InChI is InChI=1S/C24H17BrFNO3S/c25-19-8-4-16(5-9-19)14-27-23(28)22(31-24(27)29)13-18-2-1-3-21(12-18)30-15-17-6-10-20(26)11-7-17/h1-13H,14-15H2/b22-13-.